The van der Waals surface area contributed by atoms with Crippen molar-refractivity contribution >= 4 is 37.4 Å². The highest BCUT2D eigenvalue weighted by Crippen LogP contribution is 2.50. The summed E-state index contributed by atoms with van der Waals surface area (Å²) >= 11 is 0. The van der Waals surface area contributed by atoms with E-state index < -0.39 is 25.9 Å². The van der Waals surface area contributed by atoms with Crippen LogP contribution in [-0.4, -0.2) is 38.8 Å². The van der Waals surface area contributed by atoms with Crippen LogP contribution in [0.15, 0.2) is 28.0 Å². The van der Waals surface area contributed by atoms with Gasteiger partial charge in [-0.1, -0.05) is 0 Å². The van der Waals surface area contributed by atoms with Crippen LogP contribution in [0.25, 0.3) is 10.8 Å². The molecule has 2 aromatic rings. The third-order valence-corrected chi connectivity index (χ3v) is 5.10. The lowest BCUT2D eigenvalue weighted by Gasteiger charge is -2.23. The zero-order valence-electron chi connectivity index (χ0n) is 11.6. The SMILES string of the molecule is CNc1cc(S(=O)(=O)O)cc2cc(S(O)(O)O)c(C)c(O)c12. The summed E-state index contributed by atoms with van der Waals surface area (Å²) in [6.45, 7) is 1.38. The Kier molecular flexibility index (Phi) is 4.02. The Labute approximate surface area is 128 Å². The Balaban J connectivity index is 2.99. The standard InChI is InChI=1S/C12H15NO7S2/c1-6-10(22(18,19)20)4-7-3-8(21(15,16)17)5-9(13-2)11(7)12(6)14/h3-5,13-14,18-20H,1-2H3,(H,15,16,17). The van der Waals surface area contributed by atoms with Crippen molar-refractivity contribution < 1.29 is 31.7 Å². The molecule has 0 saturated carbocycles. The number of hydrogen-bond acceptors (Lipinski definition) is 7. The first-order valence-corrected chi connectivity index (χ1v) is 8.87. The van der Waals surface area contributed by atoms with Gasteiger partial charge in [0.1, 0.15) is 16.6 Å². The average molecular weight is 349 g/mol. The molecule has 0 aromatic heterocycles. The van der Waals surface area contributed by atoms with Crippen molar-refractivity contribution in [2.45, 2.75) is 16.7 Å². The van der Waals surface area contributed by atoms with E-state index in [1.54, 1.807) is 0 Å². The van der Waals surface area contributed by atoms with E-state index in [1.807, 2.05) is 0 Å². The largest absolute Gasteiger partial charge is 0.507 e. The molecule has 0 aliphatic carbocycles. The summed E-state index contributed by atoms with van der Waals surface area (Å²) in [7, 11) is -7.12. The molecule has 0 atom stereocenters. The van der Waals surface area contributed by atoms with E-state index in [0.29, 0.717) is 0 Å². The van der Waals surface area contributed by atoms with Crippen LogP contribution in [0.5, 0.6) is 5.75 Å². The van der Waals surface area contributed by atoms with Gasteiger partial charge >= 0.3 is 0 Å². The summed E-state index contributed by atoms with van der Waals surface area (Å²) in [6, 6.07) is 3.34. The van der Waals surface area contributed by atoms with Crippen molar-refractivity contribution in [1.82, 2.24) is 0 Å². The summed E-state index contributed by atoms with van der Waals surface area (Å²) < 4.78 is 60.0. The van der Waals surface area contributed by atoms with Gasteiger partial charge in [-0.2, -0.15) is 8.42 Å². The van der Waals surface area contributed by atoms with E-state index in [1.165, 1.54) is 14.0 Å². The van der Waals surface area contributed by atoms with Gasteiger partial charge in [-0.05, 0) is 30.5 Å². The molecule has 2 rings (SSSR count). The molecule has 0 spiro atoms. The predicted octanol–water partition coefficient (Wildman–Crippen LogP) is 2.72. The van der Waals surface area contributed by atoms with Gasteiger partial charge in [0.15, 0.2) is 0 Å². The quantitative estimate of drug-likeness (QED) is 0.463. The number of hydrogen-bond donors (Lipinski definition) is 6. The lowest BCUT2D eigenvalue weighted by atomic mass is 10.0. The van der Waals surface area contributed by atoms with Gasteiger partial charge in [0, 0.05) is 23.7 Å². The molecule has 22 heavy (non-hydrogen) atoms. The minimum atomic E-state index is -4.50. The normalized spacial score (nSPS) is 13.4. The second-order valence-electron chi connectivity index (χ2n) is 4.66. The van der Waals surface area contributed by atoms with Crippen LogP contribution in [0, 0.1) is 6.92 Å². The third kappa shape index (κ3) is 2.84. The number of anilines is 1. The van der Waals surface area contributed by atoms with Crippen LogP contribution >= 0.6 is 10.9 Å². The lowest BCUT2D eigenvalue weighted by molar-refractivity contribution is 0.374. The predicted molar refractivity (Wildman–Crippen MR) is 83.5 cm³/mol. The second kappa shape index (κ2) is 5.26. The van der Waals surface area contributed by atoms with Crippen LogP contribution < -0.4 is 5.32 Å². The molecule has 0 amide bonds. The summed E-state index contributed by atoms with van der Waals surface area (Å²) in [6.07, 6.45) is 0. The van der Waals surface area contributed by atoms with Crippen LogP contribution in [0.2, 0.25) is 0 Å². The fourth-order valence-corrected chi connectivity index (χ4v) is 3.53. The highest BCUT2D eigenvalue weighted by molar-refractivity contribution is 8.19. The van der Waals surface area contributed by atoms with Crippen molar-refractivity contribution in [3.05, 3.63) is 23.8 Å². The number of fused-ring (bicyclic) bond motifs is 1. The van der Waals surface area contributed by atoms with Gasteiger partial charge in [0.05, 0.1) is 9.79 Å². The number of rotatable bonds is 3. The third-order valence-electron chi connectivity index (χ3n) is 3.25. The van der Waals surface area contributed by atoms with E-state index in [4.69, 9.17) is 4.55 Å². The molecule has 6 N–H and O–H groups in total. The number of aromatic hydroxyl groups is 1. The summed E-state index contributed by atoms with van der Waals surface area (Å²) in [4.78, 5) is -0.764. The molecule has 0 aliphatic rings. The number of benzene rings is 2. The highest BCUT2D eigenvalue weighted by atomic mass is 32.3. The Morgan fingerprint density at radius 3 is 2.09 bits per heavy atom. The highest BCUT2D eigenvalue weighted by Gasteiger charge is 2.24. The van der Waals surface area contributed by atoms with Gasteiger partial charge in [-0.15, -0.1) is 0 Å². The molecule has 0 fully saturated rings. The monoisotopic (exact) mass is 349 g/mol. The van der Waals surface area contributed by atoms with Crippen molar-refractivity contribution in [3.8, 4) is 5.75 Å². The van der Waals surface area contributed by atoms with Crippen molar-refractivity contribution in [3.63, 3.8) is 0 Å². The van der Waals surface area contributed by atoms with Gasteiger partial charge < -0.3 is 24.1 Å². The molecule has 10 heteroatoms. The van der Waals surface area contributed by atoms with Gasteiger partial charge in [-0.3, -0.25) is 4.55 Å². The van der Waals surface area contributed by atoms with Crippen molar-refractivity contribution in [2.75, 3.05) is 12.4 Å². The number of phenols is 1. The Bertz CT molecular complexity index is 856. The first-order valence-electron chi connectivity index (χ1n) is 5.93. The summed E-state index contributed by atoms with van der Waals surface area (Å²) in [5.74, 6) is -0.340. The van der Waals surface area contributed by atoms with E-state index >= 15 is 0 Å². The smallest absolute Gasteiger partial charge is 0.294 e. The Hall–Kier alpha value is -1.56. The van der Waals surface area contributed by atoms with E-state index in [9.17, 15) is 27.2 Å². The Morgan fingerprint density at radius 1 is 1.05 bits per heavy atom. The van der Waals surface area contributed by atoms with Crippen LogP contribution in [0.4, 0.5) is 5.69 Å². The number of phenolic OH excluding ortho intramolecular Hbond substituents is 1. The molecular formula is C12H15NO7S2. The van der Waals surface area contributed by atoms with Crippen LogP contribution in [0.1, 0.15) is 5.56 Å². The molecule has 0 radical (unpaired) electrons. The average Bonchev–Trinajstić information content (AvgIpc) is 2.39. The molecule has 0 saturated heterocycles. The molecule has 122 valence electrons. The summed E-state index contributed by atoms with van der Waals surface area (Å²) in [5.41, 5.74) is 0.262. The maximum atomic E-state index is 11.3. The second-order valence-corrected chi connectivity index (χ2v) is 7.56. The van der Waals surface area contributed by atoms with Crippen LogP contribution in [-0.2, 0) is 10.1 Å². The fraction of sp³-hybridized carbons (Fsp3) is 0.167. The lowest BCUT2D eigenvalue weighted by Crippen LogP contribution is -2.03. The van der Waals surface area contributed by atoms with Crippen LogP contribution in [0.3, 0.4) is 0 Å². The number of nitrogens with one attached hydrogen (secondary N) is 1. The molecule has 0 bridgehead atoms. The molecule has 2 aromatic carbocycles. The molecular weight excluding hydrogens is 334 g/mol. The van der Waals surface area contributed by atoms with Gasteiger partial charge in [-0.25, -0.2) is 0 Å². The van der Waals surface area contributed by atoms with Gasteiger partial charge in [0.25, 0.3) is 10.1 Å². The van der Waals surface area contributed by atoms with Gasteiger partial charge in [0.2, 0.25) is 0 Å². The van der Waals surface area contributed by atoms with E-state index in [0.717, 1.165) is 18.2 Å². The molecule has 8 nitrogen and oxygen atoms in total. The first-order chi connectivity index (χ1) is 9.96. The topological polar surface area (TPSA) is 147 Å². The zero-order chi connectivity index (χ0) is 16.9. The fourth-order valence-electron chi connectivity index (χ4n) is 2.20. The maximum Gasteiger partial charge on any atom is 0.294 e. The zero-order valence-corrected chi connectivity index (χ0v) is 13.2. The summed E-state index contributed by atoms with van der Waals surface area (Å²) in [5, 5.41) is 13.3. The van der Waals surface area contributed by atoms with E-state index in [-0.39, 0.29) is 32.7 Å². The van der Waals surface area contributed by atoms with Crippen molar-refractivity contribution in [1.29, 1.82) is 0 Å². The molecule has 0 unspecified atom stereocenters. The maximum absolute atomic E-state index is 11.3. The first kappa shape index (κ1) is 16.8. The molecule has 0 aliphatic heterocycles. The minimum Gasteiger partial charge on any atom is -0.507 e. The Morgan fingerprint density at radius 2 is 1.64 bits per heavy atom. The van der Waals surface area contributed by atoms with E-state index in [2.05, 4.69) is 5.32 Å². The molecule has 0 heterocycles. The minimum absolute atomic E-state index is 0.0473. The van der Waals surface area contributed by atoms with Crippen molar-refractivity contribution in [2.24, 2.45) is 0 Å².